The fourth-order valence-electron chi connectivity index (χ4n) is 1.27. The van der Waals surface area contributed by atoms with Gasteiger partial charge >= 0.3 is 5.97 Å². The maximum Gasteiger partial charge on any atom is 0.350 e. The van der Waals surface area contributed by atoms with Crippen LogP contribution in [0.5, 0.6) is 0 Å². The van der Waals surface area contributed by atoms with E-state index in [1.165, 1.54) is 18.2 Å². The molecule has 0 saturated heterocycles. The van der Waals surface area contributed by atoms with Gasteiger partial charge < -0.3 is 10.2 Å². The summed E-state index contributed by atoms with van der Waals surface area (Å²) in [6.07, 6.45) is 1.08. The summed E-state index contributed by atoms with van der Waals surface area (Å²) >= 11 is 0. The van der Waals surface area contributed by atoms with Crippen molar-refractivity contribution >= 4 is 17.3 Å². The third kappa shape index (κ3) is 3.99. The summed E-state index contributed by atoms with van der Waals surface area (Å²) in [5, 5.41) is 19.5. The summed E-state index contributed by atoms with van der Waals surface area (Å²) in [5.74, 6) is -0.771. The summed E-state index contributed by atoms with van der Waals surface area (Å²) in [4.78, 5) is 21.5. The van der Waals surface area contributed by atoms with E-state index in [1.54, 1.807) is 19.1 Å². The normalized spacial score (nSPS) is 10.3. The molecule has 0 radical (unpaired) electrons. The first-order chi connectivity index (χ1) is 9.60. The predicted octanol–water partition coefficient (Wildman–Crippen LogP) is 1.48. The number of nitrogens with zero attached hydrogens (tertiary/aromatic N) is 2. The molecule has 0 spiro atoms. The molecule has 104 valence electrons. The molecule has 0 heterocycles. The Morgan fingerprint density at radius 3 is 2.85 bits per heavy atom. The van der Waals surface area contributed by atoms with E-state index in [0.29, 0.717) is 0 Å². The number of rotatable bonds is 6. The molecule has 1 aromatic rings. The van der Waals surface area contributed by atoms with Crippen LogP contribution in [0.3, 0.4) is 0 Å². The Kier molecular flexibility index (Phi) is 5.52. The van der Waals surface area contributed by atoms with Crippen molar-refractivity contribution < 1.29 is 14.5 Å². The topological polar surface area (TPSA) is 117 Å². The Hall–Kier alpha value is -3.08. The van der Waals surface area contributed by atoms with Crippen LogP contribution in [0.1, 0.15) is 6.92 Å². The zero-order valence-electron chi connectivity index (χ0n) is 10.6. The van der Waals surface area contributed by atoms with Crippen LogP contribution in [0.4, 0.5) is 11.4 Å². The van der Waals surface area contributed by atoms with Gasteiger partial charge in [-0.25, -0.2) is 4.79 Å². The lowest BCUT2D eigenvalue weighted by Crippen LogP contribution is -2.18. The van der Waals surface area contributed by atoms with Crippen LogP contribution in [0.2, 0.25) is 0 Å². The van der Waals surface area contributed by atoms with E-state index in [4.69, 9.17) is 5.26 Å². The first-order valence-corrected chi connectivity index (χ1v) is 5.62. The molecule has 0 aliphatic heterocycles. The fraction of sp³-hybridized carbons (Fsp3) is 0.167. The summed E-state index contributed by atoms with van der Waals surface area (Å²) in [5.41, 5.74) is 4.79. The van der Waals surface area contributed by atoms with E-state index >= 15 is 0 Å². The van der Waals surface area contributed by atoms with Gasteiger partial charge in [-0.3, -0.25) is 15.5 Å². The number of para-hydroxylation sites is 2. The second-order valence-corrected chi connectivity index (χ2v) is 3.43. The number of carbonyl (C=O) groups is 1. The number of esters is 1. The standard InChI is InChI=1S/C12H12N4O4/c1-2-20-12(17)9(7-13)8-14-15-10-5-3-4-6-11(10)16(18)19/h3-6,8,14-15H,2H2,1H3. The second kappa shape index (κ2) is 7.38. The van der Waals surface area contributed by atoms with Crippen LogP contribution in [0.15, 0.2) is 36.0 Å². The molecule has 0 aliphatic rings. The lowest BCUT2D eigenvalue weighted by atomic mass is 10.3. The highest BCUT2D eigenvalue weighted by Gasteiger charge is 2.12. The molecule has 0 atom stereocenters. The average Bonchev–Trinajstić information content (AvgIpc) is 2.44. The van der Waals surface area contributed by atoms with Gasteiger partial charge in [0, 0.05) is 12.3 Å². The fourth-order valence-corrected chi connectivity index (χ4v) is 1.27. The molecule has 1 rings (SSSR count). The van der Waals surface area contributed by atoms with E-state index in [2.05, 4.69) is 15.6 Å². The smallest absolute Gasteiger partial charge is 0.350 e. The average molecular weight is 276 g/mol. The minimum Gasteiger partial charge on any atom is -0.462 e. The Labute approximate surface area is 114 Å². The molecular weight excluding hydrogens is 264 g/mol. The van der Waals surface area contributed by atoms with Crippen LogP contribution < -0.4 is 10.9 Å². The Balaban J connectivity index is 2.75. The Morgan fingerprint density at radius 2 is 2.25 bits per heavy atom. The number of nitro groups is 1. The predicted molar refractivity (Wildman–Crippen MR) is 70.2 cm³/mol. The van der Waals surface area contributed by atoms with Crippen LogP contribution in [-0.2, 0) is 9.53 Å². The number of nitro benzene ring substituents is 1. The van der Waals surface area contributed by atoms with Gasteiger partial charge in [-0.05, 0) is 13.0 Å². The van der Waals surface area contributed by atoms with Gasteiger partial charge in [0.25, 0.3) is 5.69 Å². The van der Waals surface area contributed by atoms with Crippen molar-refractivity contribution in [2.24, 2.45) is 0 Å². The molecule has 0 fully saturated rings. The molecule has 0 aromatic heterocycles. The van der Waals surface area contributed by atoms with Crippen LogP contribution in [-0.4, -0.2) is 17.5 Å². The van der Waals surface area contributed by atoms with E-state index in [0.717, 1.165) is 6.20 Å². The second-order valence-electron chi connectivity index (χ2n) is 3.43. The van der Waals surface area contributed by atoms with Crippen molar-refractivity contribution in [3.8, 4) is 6.07 Å². The van der Waals surface area contributed by atoms with Gasteiger partial charge in [0.15, 0.2) is 5.57 Å². The van der Waals surface area contributed by atoms with Gasteiger partial charge in [-0.15, -0.1) is 0 Å². The van der Waals surface area contributed by atoms with Crippen molar-refractivity contribution in [1.82, 2.24) is 5.43 Å². The van der Waals surface area contributed by atoms with E-state index in [9.17, 15) is 14.9 Å². The maximum atomic E-state index is 11.3. The van der Waals surface area contributed by atoms with Crippen LogP contribution in [0.25, 0.3) is 0 Å². The summed E-state index contributed by atoms with van der Waals surface area (Å²) in [6.45, 7) is 1.77. The van der Waals surface area contributed by atoms with E-state index in [1.807, 2.05) is 0 Å². The highest BCUT2D eigenvalue weighted by atomic mass is 16.6. The first kappa shape index (κ1) is 15.0. The van der Waals surface area contributed by atoms with Crippen molar-refractivity contribution in [1.29, 1.82) is 5.26 Å². The third-order valence-electron chi connectivity index (χ3n) is 2.14. The van der Waals surface area contributed by atoms with Crippen molar-refractivity contribution in [2.45, 2.75) is 6.92 Å². The summed E-state index contributed by atoms with van der Waals surface area (Å²) < 4.78 is 4.65. The number of anilines is 1. The zero-order valence-corrected chi connectivity index (χ0v) is 10.6. The van der Waals surface area contributed by atoms with Gasteiger partial charge in [0.2, 0.25) is 0 Å². The van der Waals surface area contributed by atoms with Crippen molar-refractivity contribution in [3.05, 3.63) is 46.2 Å². The number of hydrogen-bond donors (Lipinski definition) is 2. The Bertz CT molecular complexity index is 577. The molecule has 8 heteroatoms. The number of hydrazine groups is 1. The first-order valence-electron chi connectivity index (χ1n) is 5.62. The van der Waals surface area contributed by atoms with Crippen LogP contribution in [0, 0.1) is 21.4 Å². The Morgan fingerprint density at radius 1 is 1.55 bits per heavy atom. The summed E-state index contributed by atoms with van der Waals surface area (Å²) in [7, 11) is 0. The zero-order chi connectivity index (χ0) is 15.0. The minimum atomic E-state index is -0.771. The minimum absolute atomic E-state index is 0.136. The van der Waals surface area contributed by atoms with Gasteiger partial charge in [-0.2, -0.15) is 5.26 Å². The van der Waals surface area contributed by atoms with Gasteiger partial charge in [0.1, 0.15) is 11.8 Å². The van der Waals surface area contributed by atoms with Crippen LogP contribution >= 0.6 is 0 Å². The molecule has 0 aliphatic carbocycles. The molecular formula is C12H12N4O4. The van der Waals surface area contributed by atoms with Gasteiger partial charge in [-0.1, -0.05) is 12.1 Å². The number of carbonyl (C=O) groups excluding carboxylic acids is 1. The number of ether oxygens (including phenoxy) is 1. The largest absolute Gasteiger partial charge is 0.462 e. The van der Waals surface area contributed by atoms with Gasteiger partial charge in [0.05, 0.1) is 11.5 Å². The molecule has 2 N–H and O–H groups in total. The lowest BCUT2D eigenvalue weighted by Gasteiger charge is -2.06. The van der Waals surface area contributed by atoms with E-state index < -0.39 is 10.9 Å². The number of hydrogen-bond acceptors (Lipinski definition) is 7. The quantitative estimate of drug-likeness (QED) is 0.265. The maximum absolute atomic E-state index is 11.3. The van der Waals surface area contributed by atoms with Crippen molar-refractivity contribution in [3.63, 3.8) is 0 Å². The number of nitriles is 1. The molecule has 20 heavy (non-hydrogen) atoms. The summed E-state index contributed by atoms with van der Waals surface area (Å²) in [6, 6.07) is 7.60. The monoisotopic (exact) mass is 276 g/mol. The highest BCUT2D eigenvalue weighted by molar-refractivity contribution is 5.92. The van der Waals surface area contributed by atoms with E-state index in [-0.39, 0.29) is 23.6 Å². The SMILES string of the molecule is CCOC(=O)C(C#N)=CNNc1ccccc1[N+](=O)[O-]. The molecule has 8 nitrogen and oxygen atoms in total. The number of nitrogens with one attached hydrogen (secondary N) is 2. The third-order valence-corrected chi connectivity index (χ3v) is 2.14. The van der Waals surface area contributed by atoms with Crippen molar-refractivity contribution in [2.75, 3.05) is 12.0 Å². The molecule has 0 bridgehead atoms. The molecule has 1 aromatic carbocycles. The molecule has 0 saturated carbocycles. The molecule has 0 amide bonds. The highest BCUT2D eigenvalue weighted by Crippen LogP contribution is 2.22. The molecule has 0 unspecified atom stereocenters. The lowest BCUT2D eigenvalue weighted by molar-refractivity contribution is -0.384. The number of benzene rings is 1.